The van der Waals surface area contributed by atoms with Crippen LogP contribution in [-0.4, -0.2) is 68.6 Å². The molecule has 0 aromatic carbocycles. The van der Waals surface area contributed by atoms with E-state index in [2.05, 4.69) is 0 Å². The van der Waals surface area contributed by atoms with Crippen molar-refractivity contribution in [1.82, 2.24) is 4.90 Å². The van der Waals surface area contributed by atoms with Gasteiger partial charge in [-0.15, -0.1) is 0 Å². The van der Waals surface area contributed by atoms with Crippen molar-refractivity contribution in [2.75, 3.05) is 39.5 Å². The molecule has 0 saturated carbocycles. The molecule has 128 valence electrons. The smallest absolute Gasteiger partial charge is 0.251 e. The fourth-order valence-corrected chi connectivity index (χ4v) is 2.93. The number of nitrogens with zero attached hydrogens (tertiary/aromatic N) is 1. The van der Waals surface area contributed by atoms with Crippen LogP contribution in [0, 0.1) is 0 Å². The largest absolute Gasteiger partial charge is 0.378 e. The molecule has 6 heteroatoms. The van der Waals surface area contributed by atoms with Crippen molar-refractivity contribution in [3.05, 3.63) is 0 Å². The molecule has 22 heavy (non-hydrogen) atoms. The molecule has 2 N–H and O–H groups in total. The van der Waals surface area contributed by atoms with E-state index < -0.39 is 0 Å². The van der Waals surface area contributed by atoms with Crippen LogP contribution >= 0.6 is 0 Å². The molecule has 2 rings (SSSR count). The number of piperidine rings is 1. The number of carbonyl (C=O) groups is 1. The highest BCUT2D eigenvalue weighted by atomic mass is 16.5. The molecule has 0 bridgehead atoms. The summed E-state index contributed by atoms with van der Waals surface area (Å²) in [6.45, 7) is 6.05. The van der Waals surface area contributed by atoms with E-state index in [4.69, 9.17) is 19.9 Å². The molecule has 2 atom stereocenters. The van der Waals surface area contributed by atoms with Crippen LogP contribution in [0.4, 0.5) is 0 Å². The normalized spacial score (nSPS) is 24.6. The Morgan fingerprint density at radius 1 is 1.36 bits per heavy atom. The maximum Gasteiger partial charge on any atom is 0.251 e. The first-order chi connectivity index (χ1) is 10.7. The number of rotatable bonds is 8. The van der Waals surface area contributed by atoms with Crippen LogP contribution in [0.25, 0.3) is 0 Å². The Morgan fingerprint density at radius 2 is 2.14 bits per heavy atom. The van der Waals surface area contributed by atoms with Gasteiger partial charge in [-0.2, -0.15) is 0 Å². The minimum Gasteiger partial charge on any atom is -0.378 e. The Labute approximate surface area is 133 Å². The number of ether oxygens (including phenoxy) is 3. The summed E-state index contributed by atoms with van der Waals surface area (Å²) in [5.41, 5.74) is 5.46. The molecule has 2 aliphatic heterocycles. The van der Waals surface area contributed by atoms with Crippen LogP contribution in [0.5, 0.6) is 0 Å². The molecule has 6 nitrogen and oxygen atoms in total. The molecule has 1 amide bonds. The van der Waals surface area contributed by atoms with Gasteiger partial charge in [0.25, 0.3) is 5.91 Å². The van der Waals surface area contributed by atoms with E-state index in [0.717, 1.165) is 58.4 Å². The van der Waals surface area contributed by atoms with Gasteiger partial charge in [0.15, 0.2) is 0 Å². The van der Waals surface area contributed by atoms with Crippen molar-refractivity contribution in [2.24, 2.45) is 5.73 Å². The van der Waals surface area contributed by atoms with Crippen molar-refractivity contribution in [2.45, 2.75) is 57.3 Å². The van der Waals surface area contributed by atoms with Crippen molar-refractivity contribution in [3.63, 3.8) is 0 Å². The lowest BCUT2D eigenvalue weighted by Crippen LogP contribution is -2.45. The summed E-state index contributed by atoms with van der Waals surface area (Å²) >= 11 is 0. The van der Waals surface area contributed by atoms with Gasteiger partial charge in [-0.3, -0.25) is 4.79 Å². The number of amides is 1. The number of hydrogen-bond donors (Lipinski definition) is 1. The first kappa shape index (κ1) is 17.7. The van der Waals surface area contributed by atoms with Crippen LogP contribution < -0.4 is 5.73 Å². The molecule has 2 fully saturated rings. The van der Waals surface area contributed by atoms with E-state index in [9.17, 15) is 4.79 Å². The topological polar surface area (TPSA) is 74.0 Å². The van der Waals surface area contributed by atoms with Crippen LogP contribution in [0.2, 0.25) is 0 Å². The lowest BCUT2D eigenvalue weighted by molar-refractivity contribution is -0.147. The van der Waals surface area contributed by atoms with Crippen molar-refractivity contribution >= 4 is 5.91 Å². The van der Waals surface area contributed by atoms with Crippen LogP contribution in [0.3, 0.4) is 0 Å². The van der Waals surface area contributed by atoms with E-state index in [0.29, 0.717) is 13.2 Å². The first-order valence-electron chi connectivity index (χ1n) is 8.54. The van der Waals surface area contributed by atoms with Crippen molar-refractivity contribution in [3.8, 4) is 0 Å². The minimum atomic E-state index is -0.390. The second-order valence-electron chi connectivity index (χ2n) is 6.15. The van der Waals surface area contributed by atoms with E-state index in [1.807, 2.05) is 11.8 Å². The van der Waals surface area contributed by atoms with Crippen LogP contribution in [-0.2, 0) is 19.0 Å². The molecule has 2 heterocycles. The zero-order chi connectivity index (χ0) is 15.8. The highest BCUT2D eigenvalue weighted by Crippen LogP contribution is 2.17. The van der Waals surface area contributed by atoms with Gasteiger partial charge in [0.1, 0.15) is 6.10 Å². The van der Waals surface area contributed by atoms with Gasteiger partial charge in [-0.05, 0) is 45.6 Å². The maximum absolute atomic E-state index is 12.4. The third-order valence-electron chi connectivity index (χ3n) is 4.36. The Balaban J connectivity index is 1.63. The Bertz CT molecular complexity index is 326. The average molecular weight is 314 g/mol. The quantitative estimate of drug-likeness (QED) is 0.675. The molecule has 2 saturated heterocycles. The Hall–Kier alpha value is -0.690. The average Bonchev–Trinajstić information content (AvgIpc) is 3.06. The Kier molecular flexibility index (Phi) is 7.59. The van der Waals surface area contributed by atoms with Gasteiger partial charge in [-0.1, -0.05) is 0 Å². The van der Waals surface area contributed by atoms with Crippen LogP contribution in [0.1, 0.15) is 39.0 Å². The number of nitrogens with two attached hydrogens (primary N) is 1. The molecule has 0 radical (unpaired) electrons. The van der Waals surface area contributed by atoms with Gasteiger partial charge in [0.2, 0.25) is 0 Å². The lowest BCUT2D eigenvalue weighted by atomic mass is 10.1. The number of carbonyl (C=O) groups excluding carboxylic acids is 1. The fourth-order valence-electron chi connectivity index (χ4n) is 2.93. The summed E-state index contributed by atoms with van der Waals surface area (Å²) in [6.07, 6.45) is 4.85. The molecular weight excluding hydrogens is 284 g/mol. The maximum atomic E-state index is 12.4. The van der Waals surface area contributed by atoms with Gasteiger partial charge in [-0.25, -0.2) is 0 Å². The first-order valence-corrected chi connectivity index (χ1v) is 8.54. The predicted octanol–water partition coefficient (Wildman–Crippen LogP) is 0.927. The molecule has 0 aromatic rings. The summed E-state index contributed by atoms with van der Waals surface area (Å²) in [7, 11) is 0. The predicted molar refractivity (Wildman–Crippen MR) is 83.6 cm³/mol. The second kappa shape index (κ2) is 9.45. The zero-order valence-corrected chi connectivity index (χ0v) is 13.7. The summed E-state index contributed by atoms with van der Waals surface area (Å²) in [4.78, 5) is 14.3. The Morgan fingerprint density at radius 3 is 2.77 bits per heavy atom. The van der Waals surface area contributed by atoms with Crippen molar-refractivity contribution in [1.29, 1.82) is 0 Å². The second-order valence-corrected chi connectivity index (χ2v) is 6.15. The van der Waals surface area contributed by atoms with E-state index in [-0.39, 0.29) is 24.2 Å². The summed E-state index contributed by atoms with van der Waals surface area (Å²) in [6, 6.07) is 0. The molecule has 0 aromatic heterocycles. The van der Waals surface area contributed by atoms with Crippen molar-refractivity contribution < 1.29 is 19.0 Å². The zero-order valence-electron chi connectivity index (χ0n) is 13.7. The third-order valence-corrected chi connectivity index (χ3v) is 4.36. The van der Waals surface area contributed by atoms with E-state index in [1.165, 1.54) is 0 Å². The lowest BCUT2D eigenvalue weighted by Gasteiger charge is -2.33. The highest BCUT2D eigenvalue weighted by Gasteiger charge is 2.27. The molecule has 2 unspecified atom stereocenters. The molecule has 2 aliphatic rings. The number of likely N-dealkylation sites (tertiary alicyclic amines) is 1. The van der Waals surface area contributed by atoms with Gasteiger partial charge in [0, 0.05) is 26.3 Å². The number of hydrogen-bond acceptors (Lipinski definition) is 5. The standard InChI is InChI=1S/C16H30N2O4/c1-13(22-12-15-4-2-10-21-15)16(19)18-8-5-14(6-9-18)20-11-3-7-17/h13-15H,2-12,17H2,1H3. The SMILES string of the molecule is CC(OCC1CCCO1)C(=O)N1CCC(OCCCN)CC1. The molecule has 0 spiro atoms. The third kappa shape index (κ3) is 5.50. The van der Waals surface area contributed by atoms with Crippen LogP contribution in [0.15, 0.2) is 0 Å². The van der Waals surface area contributed by atoms with Gasteiger partial charge < -0.3 is 24.8 Å². The molecular formula is C16H30N2O4. The monoisotopic (exact) mass is 314 g/mol. The van der Waals surface area contributed by atoms with E-state index >= 15 is 0 Å². The summed E-state index contributed by atoms with van der Waals surface area (Å²) in [5, 5.41) is 0. The van der Waals surface area contributed by atoms with Gasteiger partial charge >= 0.3 is 0 Å². The summed E-state index contributed by atoms with van der Waals surface area (Å²) < 4.78 is 17.0. The molecule has 0 aliphatic carbocycles. The van der Waals surface area contributed by atoms with E-state index in [1.54, 1.807) is 0 Å². The fraction of sp³-hybridized carbons (Fsp3) is 0.938. The summed E-state index contributed by atoms with van der Waals surface area (Å²) in [5.74, 6) is 0.0819. The minimum absolute atomic E-state index is 0.0819. The van der Waals surface area contributed by atoms with Gasteiger partial charge in [0.05, 0.1) is 18.8 Å². The highest BCUT2D eigenvalue weighted by molar-refractivity contribution is 5.80.